The summed E-state index contributed by atoms with van der Waals surface area (Å²) in [6.45, 7) is 9.31. The second kappa shape index (κ2) is 6.91. The molecule has 1 aliphatic heterocycles. The molecule has 1 aromatic rings. The van der Waals surface area contributed by atoms with Gasteiger partial charge >= 0.3 is 0 Å². The Kier molecular flexibility index (Phi) is 5.21. The van der Waals surface area contributed by atoms with Crippen LogP contribution in [-0.2, 0) is 0 Å². The van der Waals surface area contributed by atoms with Crippen molar-refractivity contribution < 1.29 is 0 Å². The van der Waals surface area contributed by atoms with E-state index in [0.717, 1.165) is 12.5 Å². The van der Waals surface area contributed by atoms with Gasteiger partial charge in [0.25, 0.3) is 0 Å². The summed E-state index contributed by atoms with van der Waals surface area (Å²) in [4.78, 5) is 2.61. The van der Waals surface area contributed by atoms with Crippen LogP contribution >= 0.6 is 0 Å². The lowest BCUT2D eigenvalue weighted by molar-refractivity contribution is 0.325. The highest BCUT2D eigenvalue weighted by Crippen LogP contribution is 2.26. The van der Waals surface area contributed by atoms with Gasteiger partial charge < -0.3 is 10.2 Å². The van der Waals surface area contributed by atoms with E-state index < -0.39 is 0 Å². The molecule has 0 bridgehead atoms. The molecule has 0 aliphatic carbocycles. The van der Waals surface area contributed by atoms with E-state index in [2.05, 4.69) is 54.4 Å². The Morgan fingerprint density at radius 3 is 2.78 bits per heavy atom. The quantitative estimate of drug-likeness (QED) is 0.777. The van der Waals surface area contributed by atoms with Crippen molar-refractivity contribution in [2.24, 2.45) is 0 Å². The van der Waals surface area contributed by atoms with Crippen molar-refractivity contribution >= 4 is 0 Å². The minimum atomic E-state index is 0.612. The molecule has 1 N–H and O–H groups in total. The number of likely N-dealkylation sites (tertiary alicyclic amines) is 1. The fourth-order valence-electron chi connectivity index (χ4n) is 2.73. The molecule has 2 rings (SSSR count). The van der Waals surface area contributed by atoms with E-state index in [-0.39, 0.29) is 0 Å². The summed E-state index contributed by atoms with van der Waals surface area (Å²) in [6.07, 6.45) is 2.58. The molecule has 1 heterocycles. The highest BCUT2D eigenvalue weighted by molar-refractivity contribution is 5.20. The second-order valence-electron chi connectivity index (χ2n) is 5.66. The van der Waals surface area contributed by atoms with Crippen molar-refractivity contribution in [2.45, 2.75) is 38.6 Å². The van der Waals surface area contributed by atoms with E-state index in [1.54, 1.807) is 0 Å². The normalized spacial score (nSPS) is 20.7. The Hall–Kier alpha value is -0.860. The van der Waals surface area contributed by atoms with Crippen molar-refractivity contribution in [3.8, 4) is 0 Å². The van der Waals surface area contributed by atoms with Gasteiger partial charge in [-0.3, -0.25) is 0 Å². The lowest BCUT2D eigenvalue weighted by atomic mass is 9.99. The monoisotopic (exact) mass is 246 g/mol. The zero-order valence-corrected chi connectivity index (χ0v) is 11.7. The standard InChI is InChI=1S/C16H26N2/c1-14(2)17-10-6-11-18-12-9-16(13-18)15-7-4-3-5-8-15/h3-5,7-8,14,16-17H,6,9-13H2,1-2H3. The van der Waals surface area contributed by atoms with Crippen LogP contribution in [-0.4, -0.2) is 37.1 Å². The zero-order chi connectivity index (χ0) is 12.8. The van der Waals surface area contributed by atoms with Gasteiger partial charge in [0.1, 0.15) is 0 Å². The fourth-order valence-corrected chi connectivity index (χ4v) is 2.73. The number of hydrogen-bond acceptors (Lipinski definition) is 2. The van der Waals surface area contributed by atoms with Gasteiger partial charge in [-0.15, -0.1) is 0 Å². The van der Waals surface area contributed by atoms with Crippen LogP contribution in [0.1, 0.15) is 38.2 Å². The molecular formula is C16H26N2. The zero-order valence-electron chi connectivity index (χ0n) is 11.7. The van der Waals surface area contributed by atoms with Crippen molar-refractivity contribution in [1.29, 1.82) is 0 Å². The molecular weight excluding hydrogens is 220 g/mol. The van der Waals surface area contributed by atoms with Crippen LogP contribution in [0.2, 0.25) is 0 Å². The van der Waals surface area contributed by atoms with Gasteiger partial charge in [-0.25, -0.2) is 0 Å². The number of nitrogens with zero attached hydrogens (tertiary/aromatic N) is 1. The van der Waals surface area contributed by atoms with Crippen LogP contribution in [0, 0.1) is 0 Å². The maximum absolute atomic E-state index is 3.49. The van der Waals surface area contributed by atoms with Gasteiger partial charge in [0.15, 0.2) is 0 Å². The van der Waals surface area contributed by atoms with Gasteiger partial charge in [0.2, 0.25) is 0 Å². The van der Waals surface area contributed by atoms with Crippen LogP contribution in [0.5, 0.6) is 0 Å². The average molecular weight is 246 g/mol. The lowest BCUT2D eigenvalue weighted by Crippen LogP contribution is -2.28. The van der Waals surface area contributed by atoms with Gasteiger partial charge in [-0.2, -0.15) is 0 Å². The summed E-state index contributed by atoms with van der Waals surface area (Å²) in [5.74, 6) is 0.754. The maximum atomic E-state index is 3.49. The van der Waals surface area contributed by atoms with Crippen LogP contribution < -0.4 is 5.32 Å². The third-order valence-corrected chi connectivity index (χ3v) is 3.75. The van der Waals surface area contributed by atoms with E-state index in [1.807, 2.05) is 0 Å². The third kappa shape index (κ3) is 4.11. The van der Waals surface area contributed by atoms with Crippen molar-refractivity contribution in [3.05, 3.63) is 35.9 Å². The van der Waals surface area contributed by atoms with Gasteiger partial charge in [-0.05, 0) is 44.0 Å². The summed E-state index contributed by atoms with van der Waals surface area (Å²) in [5.41, 5.74) is 1.51. The number of nitrogens with one attached hydrogen (secondary N) is 1. The largest absolute Gasteiger partial charge is 0.314 e. The summed E-state index contributed by atoms with van der Waals surface area (Å²) in [6, 6.07) is 11.6. The van der Waals surface area contributed by atoms with E-state index in [4.69, 9.17) is 0 Å². The molecule has 18 heavy (non-hydrogen) atoms. The Morgan fingerprint density at radius 2 is 2.06 bits per heavy atom. The van der Waals surface area contributed by atoms with Crippen molar-refractivity contribution in [3.63, 3.8) is 0 Å². The number of benzene rings is 1. The van der Waals surface area contributed by atoms with Crippen LogP contribution in [0.25, 0.3) is 0 Å². The van der Waals surface area contributed by atoms with Gasteiger partial charge in [-0.1, -0.05) is 44.2 Å². The average Bonchev–Trinajstić information content (AvgIpc) is 2.84. The summed E-state index contributed by atoms with van der Waals surface area (Å²) >= 11 is 0. The molecule has 2 heteroatoms. The van der Waals surface area contributed by atoms with E-state index in [1.165, 1.54) is 38.0 Å². The molecule has 100 valence electrons. The SMILES string of the molecule is CC(C)NCCCN1CCC(c2ccccc2)C1. The molecule has 0 aromatic heterocycles. The number of hydrogen-bond donors (Lipinski definition) is 1. The Balaban J connectivity index is 1.69. The lowest BCUT2D eigenvalue weighted by Gasteiger charge is -2.17. The van der Waals surface area contributed by atoms with Crippen LogP contribution in [0.4, 0.5) is 0 Å². The molecule has 1 unspecified atom stereocenters. The predicted octanol–water partition coefficient (Wildman–Crippen LogP) is 2.86. The molecule has 0 amide bonds. The molecule has 1 fully saturated rings. The number of rotatable bonds is 6. The molecule has 1 atom stereocenters. The Labute approximate surface area is 111 Å². The summed E-state index contributed by atoms with van der Waals surface area (Å²) in [5, 5.41) is 3.49. The van der Waals surface area contributed by atoms with Crippen LogP contribution in [0.15, 0.2) is 30.3 Å². The Bertz CT molecular complexity index is 334. The molecule has 0 saturated carbocycles. The predicted molar refractivity (Wildman–Crippen MR) is 78.0 cm³/mol. The maximum Gasteiger partial charge on any atom is 0.00508 e. The minimum Gasteiger partial charge on any atom is -0.314 e. The minimum absolute atomic E-state index is 0.612. The van der Waals surface area contributed by atoms with Crippen LogP contribution in [0.3, 0.4) is 0 Å². The van der Waals surface area contributed by atoms with Crippen molar-refractivity contribution in [2.75, 3.05) is 26.2 Å². The summed E-state index contributed by atoms with van der Waals surface area (Å²) < 4.78 is 0. The molecule has 0 spiro atoms. The van der Waals surface area contributed by atoms with Gasteiger partial charge in [0.05, 0.1) is 0 Å². The first kappa shape index (κ1) is 13.6. The molecule has 1 saturated heterocycles. The topological polar surface area (TPSA) is 15.3 Å². The molecule has 1 aliphatic rings. The van der Waals surface area contributed by atoms with E-state index in [9.17, 15) is 0 Å². The molecule has 0 radical (unpaired) electrons. The Morgan fingerprint density at radius 1 is 1.28 bits per heavy atom. The highest BCUT2D eigenvalue weighted by atomic mass is 15.1. The van der Waals surface area contributed by atoms with E-state index >= 15 is 0 Å². The molecule has 2 nitrogen and oxygen atoms in total. The first-order chi connectivity index (χ1) is 8.75. The molecule has 1 aromatic carbocycles. The highest BCUT2D eigenvalue weighted by Gasteiger charge is 2.22. The summed E-state index contributed by atoms with van der Waals surface area (Å²) in [7, 11) is 0. The third-order valence-electron chi connectivity index (χ3n) is 3.75. The first-order valence-corrected chi connectivity index (χ1v) is 7.26. The second-order valence-corrected chi connectivity index (χ2v) is 5.66. The van der Waals surface area contributed by atoms with Crippen molar-refractivity contribution in [1.82, 2.24) is 10.2 Å². The van der Waals surface area contributed by atoms with Gasteiger partial charge in [0, 0.05) is 12.6 Å². The first-order valence-electron chi connectivity index (χ1n) is 7.26. The fraction of sp³-hybridized carbons (Fsp3) is 0.625. The smallest absolute Gasteiger partial charge is 0.00508 e. The van der Waals surface area contributed by atoms with E-state index in [0.29, 0.717) is 6.04 Å².